The molecule has 29 heavy (non-hydrogen) atoms. The molecule has 7 nitrogen and oxygen atoms in total. The molecule has 3 N–H and O–H groups in total. The van der Waals surface area contributed by atoms with Crippen molar-refractivity contribution >= 4 is 21.8 Å². The van der Waals surface area contributed by atoms with Gasteiger partial charge in [-0.2, -0.15) is 0 Å². The van der Waals surface area contributed by atoms with Gasteiger partial charge in [0.25, 0.3) is 15.9 Å². The summed E-state index contributed by atoms with van der Waals surface area (Å²) >= 11 is 0. The van der Waals surface area contributed by atoms with Crippen molar-refractivity contribution in [2.24, 2.45) is 0 Å². The van der Waals surface area contributed by atoms with Gasteiger partial charge in [0, 0.05) is 17.5 Å². The lowest BCUT2D eigenvalue weighted by atomic mass is 10.0. The maximum atomic E-state index is 14.5. The van der Waals surface area contributed by atoms with Crippen LogP contribution < -0.4 is 10.0 Å². The van der Waals surface area contributed by atoms with Crippen LogP contribution in [-0.2, 0) is 19.6 Å². The molecular formula is C20H23FN2O5S. The summed E-state index contributed by atoms with van der Waals surface area (Å²) in [6, 6.07) is 12.3. The monoisotopic (exact) mass is 422 g/mol. The summed E-state index contributed by atoms with van der Waals surface area (Å²) in [6.45, 7) is 2.90. The molecule has 1 unspecified atom stereocenters. The van der Waals surface area contributed by atoms with Crippen molar-refractivity contribution in [2.45, 2.75) is 44.0 Å². The Kier molecular flexibility index (Phi) is 7.46. The van der Waals surface area contributed by atoms with E-state index in [0.29, 0.717) is 12.0 Å². The highest BCUT2D eigenvalue weighted by Gasteiger charge is 2.26. The number of hydrogen-bond donors (Lipinski definition) is 3. The van der Waals surface area contributed by atoms with Crippen LogP contribution >= 0.6 is 0 Å². The van der Waals surface area contributed by atoms with Gasteiger partial charge in [-0.05, 0) is 25.0 Å². The fourth-order valence-electron chi connectivity index (χ4n) is 2.57. The highest BCUT2D eigenvalue weighted by molar-refractivity contribution is 7.90. The lowest BCUT2D eigenvalue weighted by molar-refractivity contribution is -0.126. The number of carbonyl (C=O) groups is 2. The molecule has 0 aromatic heterocycles. The number of nitrogens with one attached hydrogen (secondary N) is 2. The summed E-state index contributed by atoms with van der Waals surface area (Å²) in [4.78, 5) is 23.1. The van der Waals surface area contributed by atoms with Gasteiger partial charge >= 0.3 is 0 Å². The molecule has 0 bridgehead atoms. The average Bonchev–Trinajstić information content (AvgIpc) is 2.68. The first-order chi connectivity index (χ1) is 13.7. The van der Waals surface area contributed by atoms with Crippen LogP contribution in [0.25, 0.3) is 11.1 Å². The van der Waals surface area contributed by atoms with Gasteiger partial charge in [0.05, 0.1) is 4.90 Å². The summed E-state index contributed by atoms with van der Waals surface area (Å²) < 4.78 is 41.9. The van der Waals surface area contributed by atoms with Crippen molar-refractivity contribution in [2.75, 3.05) is 0 Å². The topological polar surface area (TPSA) is 113 Å². The summed E-state index contributed by atoms with van der Waals surface area (Å²) in [5.41, 5.74) is 0.695. The van der Waals surface area contributed by atoms with Gasteiger partial charge in [-0.3, -0.25) is 9.59 Å². The smallest absolute Gasteiger partial charge is 0.264 e. The molecule has 0 saturated heterocycles. The number of aliphatic hydroxyl groups is 1. The van der Waals surface area contributed by atoms with Gasteiger partial charge in [-0.15, -0.1) is 0 Å². The van der Waals surface area contributed by atoms with E-state index in [1.807, 2.05) is 0 Å². The highest BCUT2D eigenvalue weighted by atomic mass is 32.2. The molecule has 2 amide bonds. The number of hydrogen-bond acceptors (Lipinski definition) is 5. The standard InChI is InChI=1S/C20H23FN2O5S/c1-3-7-18(25)22-19(21)15-10-11-16(14-8-5-4-6-9-14)17(12-15)29(27,28)23-20(26)13(2)24/h4-6,8-13,19,24H,3,7H2,1-2H3,(H,22,25)(H,23,26)/t13-,19?/m0/s1. The molecule has 0 radical (unpaired) electrons. The SMILES string of the molecule is CCCC(=O)NC(F)c1ccc(-c2ccccc2)c(S(=O)(=O)NC(=O)[C@H](C)O)c1. The van der Waals surface area contributed by atoms with Crippen LogP contribution in [0.2, 0.25) is 0 Å². The van der Waals surface area contributed by atoms with Gasteiger partial charge in [0.15, 0.2) is 6.30 Å². The van der Waals surface area contributed by atoms with Crippen LogP contribution in [0, 0.1) is 0 Å². The van der Waals surface area contributed by atoms with E-state index in [9.17, 15) is 27.5 Å². The van der Waals surface area contributed by atoms with Crippen LogP contribution in [0.3, 0.4) is 0 Å². The summed E-state index contributed by atoms with van der Waals surface area (Å²) in [6.07, 6.45) is -2.79. The minimum Gasteiger partial charge on any atom is -0.384 e. The number of benzene rings is 2. The lowest BCUT2D eigenvalue weighted by Gasteiger charge is -2.16. The predicted molar refractivity (Wildman–Crippen MR) is 106 cm³/mol. The Labute approximate surface area is 169 Å². The van der Waals surface area contributed by atoms with Crippen molar-refractivity contribution in [3.63, 3.8) is 0 Å². The predicted octanol–water partition coefficient (Wildman–Crippen LogP) is 2.42. The van der Waals surface area contributed by atoms with Crippen LogP contribution in [0.4, 0.5) is 4.39 Å². The van der Waals surface area contributed by atoms with E-state index in [0.717, 1.165) is 13.0 Å². The molecule has 0 fully saturated rings. The fraction of sp³-hybridized carbons (Fsp3) is 0.300. The van der Waals surface area contributed by atoms with E-state index in [1.165, 1.54) is 12.1 Å². The number of amides is 2. The van der Waals surface area contributed by atoms with Gasteiger partial charge < -0.3 is 10.4 Å². The number of sulfonamides is 1. The van der Waals surface area contributed by atoms with E-state index >= 15 is 0 Å². The molecule has 156 valence electrons. The molecule has 0 aliphatic carbocycles. The summed E-state index contributed by atoms with van der Waals surface area (Å²) in [5, 5.41) is 11.5. The maximum Gasteiger partial charge on any atom is 0.264 e. The Balaban J connectivity index is 2.51. The molecule has 0 spiro atoms. The maximum absolute atomic E-state index is 14.5. The zero-order valence-electron chi connectivity index (χ0n) is 16.1. The Hall–Kier alpha value is -2.78. The quantitative estimate of drug-likeness (QED) is 0.566. The van der Waals surface area contributed by atoms with E-state index in [-0.39, 0.29) is 22.4 Å². The van der Waals surface area contributed by atoms with Crippen LogP contribution in [-0.4, -0.2) is 31.4 Å². The average molecular weight is 422 g/mol. The Morgan fingerprint density at radius 3 is 2.38 bits per heavy atom. The van der Waals surface area contributed by atoms with Gasteiger partial charge in [-0.25, -0.2) is 17.5 Å². The molecular weight excluding hydrogens is 399 g/mol. The molecule has 2 aromatic rings. The van der Waals surface area contributed by atoms with E-state index in [4.69, 9.17) is 0 Å². The Bertz CT molecular complexity index is 978. The zero-order valence-corrected chi connectivity index (χ0v) is 16.9. The van der Waals surface area contributed by atoms with Crippen molar-refractivity contribution in [1.29, 1.82) is 0 Å². The molecule has 0 aliphatic heterocycles. The first-order valence-electron chi connectivity index (χ1n) is 9.03. The molecule has 0 heterocycles. The lowest BCUT2D eigenvalue weighted by Crippen LogP contribution is -2.37. The number of aliphatic hydroxyl groups excluding tert-OH is 1. The third-order valence-electron chi connectivity index (χ3n) is 4.05. The summed E-state index contributed by atoms with van der Waals surface area (Å²) in [7, 11) is -4.42. The van der Waals surface area contributed by atoms with Crippen LogP contribution in [0.15, 0.2) is 53.4 Å². The normalized spacial score (nSPS) is 13.4. The van der Waals surface area contributed by atoms with E-state index in [1.54, 1.807) is 42.0 Å². The fourth-order valence-corrected chi connectivity index (χ4v) is 3.88. The second kappa shape index (κ2) is 9.62. The number of carbonyl (C=O) groups excluding carboxylic acids is 2. The Morgan fingerprint density at radius 2 is 1.79 bits per heavy atom. The van der Waals surface area contributed by atoms with E-state index in [2.05, 4.69) is 5.32 Å². The number of halogens is 1. The van der Waals surface area contributed by atoms with Crippen LogP contribution in [0.5, 0.6) is 0 Å². The molecule has 2 rings (SSSR count). The van der Waals surface area contributed by atoms with E-state index < -0.39 is 34.2 Å². The van der Waals surface area contributed by atoms with Crippen LogP contribution in [0.1, 0.15) is 38.5 Å². The van der Waals surface area contributed by atoms with Crippen molar-refractivity contribution in [1.82, 2.24) is 10.0 Å². The van der Waals surface area contributed by atoms with Crippen molar-refractivity contribution in [3.8, 4) is 11.1 Å². The molecule has 2 atom stereocenters. The van der Waals surface area contributed by atoms with Gasteiger partial charge in [0.2, 0.25) is 5.91 Å². The largest absolute Gasteiger partial charge is 0.384 e. The summed E-state index contributed by atoms with van der Waals surface area (Å²) in [5.74, 6) is -1.61. The first kappa shape index (κ1) is 22.5. The van der Waals surface area contributed by atoms with Gasteiger partial charge in [-0.1, -0.05) is 49.4 Å². The molecule has 0 saturated carbocycles. The van der Waals surface area contributed by atoms with Crippen molar-refractivity contribution in [3.05, 3.63) is 54.1 Å². The molecule has 9 heteroatoms. The number of rotatable bonds is 8. The third kappa shape index (κ3) is 5.85. The minimum absolute atomic E-state index is 0.0843. The molecule has 0 aliphatic rings. The first-order valence-corrected chi connectivity index (χ1v) is 10.5. The second-order valence-electron chi connectivity index (χ2n) is 6.45. The van der Waals surface area contributed by atoms with Gasteiger partial charge in [0.1, 0.15) is 6.10 Å². The highest BCUT2D eigenvalue weighted by Crippen LogP contribution is 2.30. The number of alkyl halides is 1. The zero-order chi connectivity index (χ0) is 21.6. The third-order valence-corrected chi connectivity index (χ3v) is 5.44. The van der Waals surface area contributed by atoms with Crippen molar-refractivity contribution < 1.29 is 27.5 Å². The second-order valence-corrected chi connectivity index (χ2v) is 8.10. The minimum atomic E-state index is -4.42. The molecule has 2 aromatic carbocycles. The Morgan fingerprint density at radius 1 is 1.14 bits per heavy atom.